The van der Waals surface area contributed by atoms with Gasteiger partial charge in [-0.3, -0.25) is 4.18 Å². The van der Waals surface area contributed by atoms with E-state index in [1.54, 1.807) is 20.1 Å². The fourth-order valence-electron chi connectivity index (χ4n) is 2.99. The number of hydrogen-bond acceptors (Lipinski definition) is 7. The van der Waals surface area contributed by atoms with Gasteiger partial charge in [-0.05, 0) is 32.9 Å². The van der Waals surface area contributed by atoms with Crippen LogP contribution in [0.3, 0.4) is 0 Å². The zero-order valence-corrected chi connectivity index (χ0v) is 15.7. The van der Waals surface area contributed by atoms with E-state index in [2.05, 4.69) is 0 Å². The van der Waals surface area contributed by atoms with Crippen molar-refractivity contribution in [1.82, 2.24) is 0 Å². The first-order valence-electron chi connectivity index (χ1n) is 7.82. The lowest BCUT2D eigenvalue weighted by Gasteiger charge is -2.28. The molecule has 2 aliphatic rings. The Bertz CT molecular complexity index is 826. The standard InChI is InChI=1S/C17H22O7S/c1-11-9-21-17(23-11,10-22-25(5,18)19)13-6-12-8-16(2,3)24-15(12)14(7-13)20-4/h6-7,9H,8,10H2,1-5H3. The van der Waals surface area contributed by atoms with Crippen LogP contribution < -0.4 is 9.47 Å². The third-order valence-corrected chi connectivity index (χ3v) is 4.54. The van der Waals surface area contributed by atoms with Crippen molar-refractivity contribution in [3.63, 3.8) is 0 Å². The van der Waals surface area contributed by atoms with Gasteiger partial charge in [-0.2, -0.15) is 8.42 Å². The molecule has 0 saturated heterocycles. The summed E-state index contributed by atoms with van der Waals surface area (Å²) in [5.74, 6) is 0.349. The molecule has 8 heteroatoms. The summed E-state index contributed by atoms with van der Waals surface area (Å²) < 4.78 is 50.7. The molecule has 1 aromatic rings. The quantitative estimate of drug-likeness (QED) is 0.737. The van der Waals surface area contributed by atoms with E-state index in [9.17, 15) is 8.42 Å². The van der Waals surface area contributed by atoms with Crippen molar-refractivity contribution in [3.8, 4) is 11.5 Å². The van der Waals surface area contributed by atoms with Crippen molar-refractivity contribution < 1.29 is 31.5 Å². The van der Waals surface area contributed by atoms with Gasteiger partial charge in [0.15, 0.2) is 11.5 Å². The summed E-state index contributed by atoms with van der Waals surface area (Å²) in [6.45, 7) is 5.39. The Balaban J connectivity index is 2.03. The normalized spacial score (nSPS) is 24.0. The Morgan fingerprint density at radius 1 is 1.24 bits per heavy atom. The number of fused-ring (bicyclic) bond motifs is 1. The summed E-state index contributed by atoms with van der Waals surface area (Å²) in [6, 6.07) is 3.60. The maximum atomic E-state index is 11.4. The van der Waals surface area contributed by atoms with Crippen LogP contribution in [0.25, 0.3) is 0 Å². The van der Waals surface area contributed by atoms with Crippen LogP contribution >= 0.6 is 0 Å². The average Bonchev–Trinajstić information content (AvgIpc) is 3.02. The highest BCUT2D eigenvalue weighted by Crippen LogP contribution is 2.46. The number of ether oxygens (including phenoxy) is 4. The van der Waals surface area contributed by atoms with Crippen LogP contribution in [0, 0.1) is 0 Å². The van der Waals surface area contributed by atoms with E-state index in [-0.39, 0.29) is 12.2 Å². The van der Waals surface area contributed by atoms with E-state index in [4.69, 9.17) is 23.1 Å². The van der Waals surface area contributed by atoms with E-state index in [1.807, 2.05) is 19.9 Å². The van der Waals surface area contributed by atoms with Gasteiger partial charge in [0.05, 0.1) is 13.4 Å². The van der Waals surface area contributed by atoms with Crippen LogP contribution in [-0.4, -0.2) is 34.0 Å². The van der Waals surface area contributed by atoms with E-state index in [1.165, 1.54) is 6.26 Å². The van der Waals surface area contributed by atoms with Crippen molar-refractivity contribution in [2.45, 2.75) is 38.6 Å². The Hall–Kier alpha value is -1.93. The predicted molar refractivity (Wildman–Crippen MR) is 89.8 cm³/mol. The molecule has 25 heavy (non-hydrogen) atoms. The molecular weight excluding hydrogens is 348 g/mol. The van der Waals surface area contributed by atoms with Gasteiger partial charge in [-0.1, -0.05) is 0 Å². The van der Waals surface area contributed by atoms with Crippen molar-refractivity contribution in [2.75, 3.05) is 20.0 Å². The van der Waals surface area contributed by atoms with Gasteiger partial charge in [0.2, 0.25) is 0 Å². The first-order chi connectivity index (χ1) is 11.5. The summed E-state index contributed by atoms with van der Waals surface area (Å²) in [4.78, 5) is 0. The van der Waals surface area contributed by atoms with E-state index in [0.29, 0.717) is 29.2 Å². The molecule has 0 fully saturated rings. The molecule has 138 valence electrons. The minimum absolute atomic E-state index is 0.314. The first kappa shape index (κ1) is 17.9. The molecule has 0 amide bonds. The molecule has 2 aliphatic heterocycles. The van der Waals surface area contributed by atoms with Crippen LogP contribution in [-0.2, 0) is 36.0 Å². The Morgan fingerprint density at radius 2 is 1.96 bits per heavy atom. The van der Waals surface area contributed by atoms with E-state index >= 15 is 0 Å². The third kappa shape index (κ3) is 3.55. The molecule has 1 unspecified atom stereocenters. The highest BCUT2D eigenvalue weighted by atomic mass is 32.2. The molecule has 0 saturated carbocycles. The number of benzene rings is 1. The van der Waals surface area contributed by atoms with Gasteiger partial charge in [0.25, 0.3) is 10.1 Å². The minimum Gasteiger partial charge on any atom is -0.493 e. The lowest BCUT2D eigenvalue weighted by Crippen LogP contribution is -2.34. The first-order valence-corrected chi connectivity index (χ1v) is 9.64. The van der Waals surface area contributed by atoms with Crippen LogP contribution in [0.2, 0.25) is 0 Å². The zero-order valence-electron chi connectivity index (χ0n) is 14.9. The number of hydrogen-bond donors (Lipinski definition) is 0. The second kappa shape index (κ2) is 5.81. The van der Waals surface area contributed by atoms with Gasteiger partial charge < -0.3 is 18.9 Å². The van der Waals surface area contributed by atoms with Crippen LogP contribution in [0.1, 0.15) is 31.9 Å². The molecule has 0 N–H and O–H groups in total. The molecule has 0 aromatic heterocycles. The summed E-state index contributed by atoms with van der Waals surface area (Å²) in [5, 5.41) is 0. The molecular formula is C17H22O7S. The van der Waals surface area contributed by atoms with Gasteiger partial charge in [-0.25, -0.2) is 0 Å². The summed E-state index contributed by atoms with van der Waals surface area (Å²) in [5.41, 5.74) is 1.19. The summed E-state index contributed by atoms with van der Waals surface area (Å²) >= 11 is 0. The molecule has 0 radical (unpaired) electrons. The SMILES string of the molecule is COc1cc(C2(COS(C)(=O)=O)OC=C(C)O2)cc2c1OC(C)(C)C2. The van der Waals surface area contributed by atoms with Crippen LogP contribution in [0.5, 0.6) is 11.5 Å². The molecule has 0 aliphatic carbocycles. The number of rotatable bonds is 5. The van der Waals surface area contributed by atoms with E-state index < -0.39 is 15.9 Å². The highest BCUT2D eigenvalue weighted by Gasteiger charge is 2.44. The number of methoxy groups -OCH3 is 1. The topological polar surface area (TPSA) is 80.3 Å². The van der Waals surface area contributed by atoms with Crippen molar-refractivity contribution >= 4 is 10.1 Å². The Labute approximate surface area is 147 Å². The predicted octanol–water partition coefficient (Wildman–Crippen LogP) is 2.45. The third-order valence-electron chi connectivity index (χ3n) is 3.99. The largest absolute Gasteiger partial charge is 0.493 e. The average molecular weight is 370 g/mol. The molecule has 0 spiro atoms. The summed E-state index contributed by atoms with van der Waals surface area (Å²) in [6.07, 6.45) is 3.10. The fraction of sp³-hybridized carbons (Fsp3) is 0.529. The molecule has 7 nitrogen and oxygen atoms in total. The van der Waals surface area contributed by atoms with Crippen LogP contribution in [0.4, 0.5) is 0 Å². The van der Waals surface area contributed by atoms with Crippen molar-refractivity contribution in [3.05, 3.63) is 35.3 Å². The Morgan fingerprint density at radius 3 is 2.52 bits per heavy atom. The lowest BCUT2D eigenvalue weighted by atomic mass is 9.97. The van der Waals surface area contributed by atoms with Gasteiger partial charge in [0.1, 0.15) is 24.2 Å². The maximum Gasteiger partial charge on any atom is 0.302 e. The molecule has 1 aromatic carbocycles. The van der Waals surface area contributed by atoms with Gasteiger partial charge >= 0.3 is 5.79 Å². The fourth-order valence-corrected chi connectivity index (χ4v) is 3.36. The summed E-state index contributed by atoms with van der Waals surface area (Å²) in [7, 11) is -2.11. The zero-order chi connectivity index (χ0) is 18.5. The molecule has 3 rings (SSSR count). The van der Waals surface area contributed by atoms with Crippen LogP contribution in [0.15, 0.2) is 24.2 Å². The molecule has 1 atom stereocenters. The van der Waals surface area contributed by atoms with Crippen molar-refractivity contribution in [2.24, 2.45) is 0 Å². The molecule has 0 bridgehead atoms. The van der Waals surface area contributed by atoms with Crippen molar-refractivity contribution in [1.29, 1.82) is 0 Å². The highest BCUT2D eigenvalue weighted by molar-refractivity contribution is 7.85. The van der Waals surface area contributed by atoms with Gasteiger partial charge in [-0.15, -0.1) is 0 Å². The van der Waals surface area contributed by atoms with E-state index in [0.717, 1.165) is 11.8 Å². The second-order valence-corrected chi connectivity index (χ2v) is 8.52. The number of allylic oxidation sites excluding steroid dienone is 1. The Kier molecular flexibility index (Phi) is 4.15. The monoisotopic (exact) mass is 370 g/mol. The van der Waals surface area contributed by atoms with Gasteiger partial charge in [0, 0.05) is 17.5 Å². The second-order valence-electron chi connectivity index (χ2n) is 6.87. The maximum absolute atomic E-state index is 11.4. The smallest absolute Gasteiger partial charge is 0.302 e. The lowest BCUT2D eigenvalue weighted by molar-refractivity contribution is -0.176. The molecule has 2 heterocycles. The minimum atomic E-state index is -3.66.